The van der Waals surface area contributed by atoms with E-state index in [0.29, 0.717) is 17.2 Å². The van der Waals surface area contributed by atoms with Gasteiger partial charge in [0.2, 0.25) is 0 Å². The van der Waals surface area contributed by atoms with Crippen molar-refractivity contribution in [2.75, 3.05) is 23.7 Å². The number of fused-ring (bicyclic) bond motifs is 1. The lowest BCUT2D eigenvalue weighted by molar-refractivity contribution is 0.520. The van der Waals surface area contributed by atoms with Crippen LogP contribution < -0.4 is 10.6 Å². The third kappa shape index (κ3) is 4.71. The zero-order chi connectivity index (χ0) is 23.5. The van der Waals surface area contributed by atoms with Crippen LogP contribution in [0.2, 0.25) is 0 Å². The van der Waals surface area contributed by atoms with Crippen LogP contribution in [-0.2, 0) is 19.3 Å². The number of nitrogen functional groups attached to an aromatic ring is 1. The number of rotatable bonds is 5. The van der Waals surface area contributed by atoms with Gasteiger partial charge in [-0.3, -0.25) is 0 Å². The van der Waals surface area contributed by atoms with Crippen molar-refractivity contribution in [1.82, 2.24) is 9.97 Å². The lowest BCUT2D eigenvalue weighted by Crippen LogP contribution is -2.29. The maximum Gasteiger partial charge on any atom is 0.135 e. The first-order chi connectivity index (χ1) is 16.0. The van der Waals surface area contributed by atoms with Gasteiger partial charge in [-0.1, -0.05) is 33.8 Å². The highest BCUT2D eigenvalue weighted by molar-refractivity contribution is 5.63. The van der Waals surface area contributed by atoms with E-state index in [1.807, 2.05) is 6.07 Å². The molecule has 5 nitrogen and oxygen atoms in total. The number of aromatic nitrogens is 2. The fourth-order valence-electron chi connectivity index (χ4n) is 5.65. The molecule has 1 aliphatic heterocycles. The number of aryl methyl sites for hydroxylation is 1. The van der Waals surface area contributed by atoms with Crippen molar-refractivity contribution in [3.05, 3.63) is 45.9 Å². The molecule has 2 heterocycles. The van der Waals surface area contributed by atoms with Gasteiger partial charge in [0.1, 0.15) is 17.7 Å². The molecule has 2 N–H and O–H groups in total. The van der Waals surface area contributed by atoms with E-state index < -0.39 is 0 Å². The number of hydrogen-bond donors (Lipinski definition) is 1. The Labute approximate surface area is 199 Å². The molecule has 1 fully saturated rings. The van der Waals surface area contributed by atoms with Gasteiger partial charge in [-0.05, 0) is 79.9 Å². The summed E-state index contributed by atoms with van der Waals surface area (Å²) in [7, 11) is 0. The Balaban J connectivity index is 1.74. The number of nitrogens with zero attached hydrogens (tertiary/aromatic N) is 4. The minimum Gasteiger partial charge on any atom is -0.398 e. The lowest BCUT2D eigenvalue weighted by atomic mass is 9.76. The van der Waals surface area contributed by atoms with E-state index in [1.54, 1.807) is 0 Å². The highest BCUT2D eigenvalue weighted by atomic mass is 15.2. The highest BCUT2D eigenvalue weighted by Crippen LogP contribution is 2.42. The summed E-state index contributed by atoms with van der Waals surface area (Å²) >= 11 is 0. The van der Waals surface area contributed by atoms with Crippen molar-refractivity contribution in [3.8, 4) is 6.07 Å². The van der Waals surface area contributed by atoms with Crippen molar-refractivity contribution < 1.29 is 0 Å². The SMILES string of the molecule is CCc1nc2c(c(N3CCCC(C)CC3)n1)CCC(c1c(C(C)CC)ccc(N)c1C#N)C2. The van der Waals surface area contributed by atoms with Crippen LogP contribution in [0.1, 0.15) is 105 Å². The van der Waals surface area contributed by atoms with Gasteiger partial charge in [0.25, 0.3) is 0 Å². The van der Waals surface area contributed by atoms with Crippen LogP contribution in [0.4, 0.5) is 11.5 Å². The molecule has 1 aromatic carbocycles. The van der Waals surface area contributed by atoms with Crippen LogP contribution in [0.3, 0.4) is 0 Å². The van der Waals surface area contributed by atoms with Crippen LogP contribution in [0.15, 0.2) is 12.1 Å². The van der Waals surface area contributed by atoms with E-state index in [9.17, 15) is 5.26 Å². The average molecular weight is 446 g/mol. The van der Waals surface area contributed by atoms with Crippen molar-refractivity contribution in [2.45, 2.75) is 90.9 Å². The van der Waals surface area contributed by atoms with E-state index in [1.165, 1.54) is 47.5 Å². The van der Waals surface area contributed by atoms with Gasteiger partial charge < -0.3 is 10.6 Å². The van der Waals surface area contributed by atoms with E-state index in [-0.39, 0.29) is 5.92 Å². The van der Waals surface area contributed by atoms with Crippen molar-refractivity contribution in [3.63, 3.8) is 0 Å². The third-order valence-electron chi connectivity index (χ3n) is 7.91. The molecule has 0 spiro atoms. The zero-order valence-corrected chi connectivity index (χ0v) is 20.8. The molecule has 0 bridgehead atoms. The maximum absolute atomic E-state index is 9.99. The predicted octanol–water partition coefficient (Wildman–Crippen LogP) is 5.91. The number of anilines is 2. The first-order valence-electron chi connectivity index (χ1n) is 12.9. The van der Waals surface area contributed by atoms with E-state index in [0.717, 1.165) is 56.9 Å². The predicted molar refractivity (Wildman–Crippen MR) is 136 cm³/mol. The summed E-state index contributed by atoms with van der Waals surface area (Å²) in [5, 5.41) is 9.99. The second-order valence-electron chi connectivity index (χ2n) is 10.2. The third-order valence-corrected chi connectivity index (χ3v) is 7.91. The van der Waals surface area contributed by atoms with Crippen LogP contribution in [-0.4, -0.2) is 23.1 Å². The molecule has 3 atom stereocenters. The van der Waals surface area contributed by atoms with Gasteiger partial charge in [0.05, 0.1) is 11.3 Å². The van der Waals surface area contributed by atoms with Gasteiger partial charge in [0.15, 0.2) is 0 Å². The monoisotopic (exact) mass is 445 g/mol. The highest BCUT2D eigenvalue weighted by Gasteiger charge is 2.31. The normalized spacial score (nSPS) is 21.7. The van der Waals surface area contributed by atoms with E-state index >= 15 is 0 Å². The Morgan fingerprint density at radius 1 is 1.18 bits per heavy atom. The van der Waals surface area contributed by atoms with Crippen LogP contribution >= 0.6 is 0 Å². The summed E-state index contributed by atoms with van der Waals surface area (Å²) in [6.45, 7) is 11.2. The second-order valence-corrected chi connectivity index (χ2v) is 10.2. The summed E-state index contributed by atoms with van der Waals surface area (Å²) in [4.78, 5) is 12.6. The van der Waals surface area contributed by atoms with Gasteiger partial charge in [0, 0.05) is 30.8 Å². The molecule has 0 amide bonds. The smallest absolute Gasteiger partial charge is 0.135 e. The number of hydrogen-bond acceptors (Lipinski definition) is 5. The molecule has 1 saturated heterocycles. The van der Waals surface area contributed by atoms with Gasteiger partial charge in [-0.25, -0.2) is 9.97 Å². The fraction of sp³-hybridized carbons (Fsp3) is 0.607. The number of nitrogens with two attached hydrogens (primary N) is 1. The molecule has 3 unspecified atom stereocenters. The van der Waals surface area contributed by atoms with Gasteiger partial charge in [-0.15, -0.1) is 0 Å². The van der Waals surface area contributed by atoms with Gasteiger partial charge >= 0.3 is 0 Å². The summed E-state index contributed by atoms with van der Waals surface area (Å²) < 4.78 is 0. The Morgan fingerprint density at radius 2 is 2.00 bits per heavy atom. The quantitative estimate of drug-likeness (QED) is 0.579. The molecule has 2 aromatic rings. The standard InChI is InChI=1S/C28H39N5/c1-5-19(4)21-11-12-24(30)23(17-29)27(21)20-9-10-22-25(16-20)31-26(6-2)32-28(22)33-14-7-8-18(3)13-15-33/h11-12,18-20H,5-10,13-16,30H2,1-4H3. The Kier molecular flexibility index (Phi) is 7.22. The second kappa shape index (κ2) is 10.1. The molecule has 2 aliphatic rings. The molecule has 1 aromatic heterocycles. The maximum atomic E-state index is 9.99. The zero-order valence-electron chi connectivity index (χ0n) is 20.8. The Hall–Kier alpha value is -2.61. The van der Waals surface area contributed by atoms with Crippen LogP contribution in [0, 0.1) is 17.2 Å². The lowest BCUT2D eigenvalue weighted by Gasteiger charge is -2.32. The molecular weight excluding hydrogens is 406 g/mol. The van der Waals surface area contributed by atoms with Crippen LogP contribution in [0.25, 0.3) is 0 Å². The van der Waals surface area contributed by atoms with Crippen molar-refractivity contribution in [1.29, 1.82) is 5.26 Å². The summed E-state index contributed by atoms with van der Waals surface area (Å²) in [6.07, 6.45) is 8.50. The van der Waals surface area contributed by atoms with E-state index in [4.69, 9.17) is 15.7 Å². The Bertz CT molecular complexity index is 1040. The number of nitriles is 1. The minimum absolute atomic E-state index is 0.274. The Morgan fingerprint density at radius 3 is 2.73 bits per heavy atom. The largest absolute Gasteiger partial charge is 0.398 e. The summed E-state index contributed by atoms with van der Waals surface area (Å²) in [5.74, 6) is 3.59. The fourth-order valence-corrected chi connectivity index (χ4v) is 5.65. The molecular formula is C28H39N5. The summed E-state index contributed by atoms with van der Waals surface area (Å²) in [6, 6.07) is 6.50. The molecule has 176 valence electrons. The minimum atomic E-state index is 0.274. The molecule has 4 rings (SSSR count). The average Bonchev–Trinajstić information content (AvgIpc) is 3.06. The molecule has 0 saturated carbocycles. The first-order valence-corrected chi connectivity index (χ1v) is 12.9. The molecule has 5 heteroatoms. The first kappa shape index (κ1) is 23.5. The van der Waals surface area contributed by atoms with Crippen molar-refractivity contribution in [2.24, 2.45) is 5.92 Å². The van der Waals surface area contributed by atoms with Crippen LogP contribution in [0.5, 0.6) is 0 Å². The van der Waals surface area contributed by atoms with E-state index in [2.05, 4.69) is 44.7 Å². The molecule has 1 aliphatic carbocycles. The molecule has 33 heavy (non-hydrogen) atoms. The summed E-state index contributed by atoms with van der Waals surface area (Å²) in [5.41, 5.74) is 12.5. The van der Waals surface area contributed by atoms with Crippen molar-refractivity contribution >= 4 is 11.5 Å². The number of benzene rings is 1. The molecule has 0 radical (unpaired) electrons. The topological polar surface area (TPSA) is 78.8 Å². The van der Waals surface area contributed by atoms with Gasteiger partial charge in [-0.2, -0.15) is 5.26 Å².